The van der Waals surface area contributed by atoms with Crippen LogP contribution in [0.3, 0.4) is 0 Å². The van der Waals surface area contributed by atoms with Crippen molar-refractivity contribution in [1.82, 2.24) is 9.97 Å². The van der Waals surface area contributed by atoms with Gasteiger partial charge in [-0.15, -0.1) is 0 Å². The minimum atomic E-state index is 0.343. The van der Waals surface area contributed by atoms with Crippen molar-refractivity contribution in [2.24, 2.45) is 0 Å². The summed E-state index contributed by atoms with van der Waals surface area (Å²) in [6.07, 6.45) is 0.842. The van der Waals surface area contributed by atoms with E-state index in [9.17, 15) is 0 Å². The third-order valence-electron chi connectivity index (χ3n) is 1.78. The molecule has 2 N–H and O–H groups in total. The van der Waals surface area contributed by atoms with Crippen molar-refractivity contribution in [3.05, 3.63) is 11.3 Å². The number of hydrogen-bond donors (Lipinski definition) is 1. The van der Waals surface area contributed by atoms with Crippen molar-refractivity contribution >= 4 is 5.82 Å². The number of anilines is 1. The Morgan fingerprint density at radius 1 is 1.42 bits per heavy atom. The fourth-order valence-electron chi connectivity index (χ4n) is 0.995. The minimum Gasteiger partial charge on any atom is -0.467 e. The number of nitrogens with two attached hydrogens (primary N) is 1. The summed E-state index contributed by atoms with van der Waals surface area (Å²) in [7, 11) is 1.53. The van der Waals surface area contributed by atoms with Crippen LogP contribution in [0.2, 0.25) is 0 Å². The zero-order valence-electron chi connectivity index (χ0n) is 7.59. The molecule has 0 saturated carbocycles. The largest absolute Gasteiger partial charge is 0.467 e. The molecule has 0 fully saturated rings. The zero-order chi connectivity index (χ0) is 9.14. The molecule has 1 aromatic heterocycles. The first-order valence-electron chi connectivity index (χ1n) is 3.86. The second kappa shape index (κ2) is 3.38. The molecular formula is C8H13N3O. The van der Waals surface area contributed by atoms with Gasteiger partial charge in [-0.2, -0.15) is 9.97 Å². The standard InChI is InChI=1S/C8H13N3O/c1-4-6-5(2)7(9)11-8(10-6)12-3/h4H2,1-3H3,(H2,9,10,11). The number of hydrogen-bond acceptors (Lipinski definition) is 4. The number of aryl methyl sites for hydroxylation is 1. The molecule has 0 aliphatic carbocycles. The summed E-state index contributed by atoms with van der Waals surface area (Å²) in [5.74, 6) is 0.499. The van der Waals surface area contributed by atoms with E-state index in [1.54, 1.807) is 0 Å². The highest BCUT2D eigenvalue weighted by atomic mass is 16.5. The van der Waals surface area contributed by atoms with Crippen molar-refractivity contribution < 1.29 is 4.74 Å². The van der Waals surface area contributed by atoms with Gasteiger partial charge >= 0.3 is 6.01 Å². The minimum absolute atomic E-state index is 0.343. The maximum atomic E-state index is 5.64. The molecule has 0 radical (unpaired) electrons. The number of nitrogen functional groups attached to an aromatic ring is 1. The van der Waals surface area contributed by atoms with Crippen LogP contribution in [-0.4, -0.2) is 17.1 Å². The van der Waals surface area contributed by atoms with Gasteiger partial charge in [0.05, 0.1) is 12.8 Å². The quantitative estimate of drug-likeness (QED) is 0.712. The van der Waals surface area contributed by atoms with Crippen LogP contribution < -0.4 is 10.5 Å². The summed E-state index contributed by atoms with van der Waals surface area (Å²) in [6, 6.07) is 0.343. The normalized spacial score (nSPS) is 9.92. The lowest BCUT2D eigenvalue weighted by molar-refractivity contribution is 0.378. The van der Waals surface area contributed by atoms with Crippen LogP contribution >= 0.6 is 0 Å². The molecule has 1 heterocycles. The Kier molecular flexibility index (Phi) is 2.47. The summed E-state index contributed by atoms with van der Waals surface area (Å²) in [5.41, 5.74) is 7.53. The maximum absolute atomic E-state index is 5.64. The highest BCUT2D eigenvalue weighted by Gasteiger charge is 2.06. The Balaban J connectivity index is 3.19. The van der Waals surface area contributed by atoms with Gasteiger partial charge in [0.25, 0.3) is 0 Å². The fourth-order valence-corrected chi connectivity index (χ4v) is 0.995. The summed E-state index contributed by atoms with van der Waals surface area (Å²) < 4.78 is 4.89. The van der Waals surface area contributed by atoms with E-state index in [2.05, 4.69) is 9.97 Å². The lowest BCUT2D eigenvalue weighted by Crippen LogP contribution is -2.04. The molecule has 0 aliphatic rings. The molecule has 0 unspecified atom stereocenters. The summed E-state index contributed by atoms with van der Waals surface area (Å²) in [5, 5.41) is 0. The van der Waals surface area contributed by atoms with Gasteiger partial charge in [-0.1, -0.05) is 6.92 Å². The molecule has 4 nitrogen and oxygen atoms in total. The molecule has 0 bridgehead atoms. The van der Waals surface area contributed by atoms with E-state index in [-0.39, 0.29) is 0 Å². The summed E-state index contributed by atoms with van der Waals surface area (Å²) in [4.78, 5) is 8.10. The third kappa shape index (κ3) is 1.47. The van der Waals surface area contributed by atoms with Crippen LogP contribution in [0.15, 0.2) is 0 Å². The Hall–Kier alpha value is -1.32. The Morgan fingerprint density at radius 3 is 2.58 bits per heavy atom. The van der Waals surface area contributed by atoms with Gasteiger partial charge < -0.3 is 10.5 Å². The average molecular weight is 167 g/mol. The monoisotopic (exact) mass is 167 g/mol. The van der Waals surface area contributed by atoms with Crippen LogP contribution in [-0.2, 0) is 6.42 Å². The van der Waals surface area contributed by atoms with Crippen LogP contribution in [0.5, 0.6) is 6.01 Å². The van der Waals surface area contributed by atoms with Gasteiger partial charge in [0, 0.05) is 5.56 Å². The van der Waals surface area contributed by atoms with E-state index in [1.165, 1.54) is 7.11 Å². The molecule has 0 aromatic carbocycles. The Labute approximate surface area is 71.8 Å². The molecule has 0 saturated heterocycles. The van der Waals surface area contributed by atoms with Gasteiger partial charge in [0.15, 0.2) is 0 Å². The second-order valence-corrected chi connectivity index (χ2v) is 2.52. The molecule has 0 atom stereocenters. The maximum Gasteiger partial charge on any atom is 0.318 e. The first-order chi connectivity index (χ1) is 5.69. The number of nitrogens with zero attached hydrogens (tertiary/aromatic N) is 2. The third-order valence-corrected chi connectivity index (χ3v) is 1.78. The van der Waals surface area contributed by atoms with Gasteiger partial charge in [-0.25, -0.2) is 0 Å². The topological polar surface area (TPSA) is 61.0 Å². The van der Waals surface area contributed by atoms with E-state index in [1.807, 2.05) is 13.8 Å². The number of methoxy groups -OCH3 is 1. The van der Waals surface area contributed by atoms with Crippen LogP contribution in [0, 0.1) is 6.92 Å². The molecule has 0 spiro atoms. The molecule has 0 aliphatic heterocycles. The second-order valence-electron chi connectivity index (χ2n) is 2.52. The fraction of sp³-hybridized carbons (Fsp3) is 0.500. The predicted molar refractivity (Wildman–Crippen MR) is 47.1 cm³/mol. The number of rotatable bonds is 2. The lowest BCUT2D eigenvalue weighted by atomic mass is 10.2. The van der Waals surface area contributed by atoms with Crippen molar-refractivity contribution in [1.29, 1.82) is 0 Å². The van der Waals surface area contributed by atoms with Crippen LogP contribution in [0.1, 0.15) is 18.2 Å². The average Bonchev–Trinajstić information content (AvgIpc) is 2.09. The summed E-state index contributed by atoms with van der Waals surface area (Å²) in [6.45, 7) is 3.93. The van der Waals surface area contributed by atoms with Gasteiger partial charge in [0.1, 0.15) is 5.82 Å². The molecule has 1 rings (SSSR count). The highest BCUT2D eigenvalue weighted by Crippen LogP contribution is 2.15. The van der Waals surface area contributed by atoms with E-state index >= 15 is 0 Å². The Morgan fingerprint density at radius 2 is 2.08 bits per heavy atom. The smallest absolute Gasteiger partial charge is 0.318 e. The van der Waals surface area contributed by atoms with Crippen LogP contribution in [0.4, 0.5) is 5.82 Å². The van der Waals surface area contributed by atoms with E-state index in [0.29, 0.717) is 11.8 Å². The molecular weight excluding hydrogens is 154 g/mol. The van der Waals surface area contributed by atoms with E-state index in [4.69, 9.17) is 10.5 Å². The lowest BCUT2D eigenvalue weighted by Gasteiger charge is -2.06. The van der Waals surface area contributed by atoms with Crippen molar-refractivity contribution in [3.63, 3.8) is 0 Å². The molecule has 1 aromatic rings. The summed E-state index contributed by atoms with van der Waals surface area (Å²) >= 11 is 0. The van der Waals surface area contributed by atoms with Gasteiger partial charge in [-0.05, 0) is 13.3 Å². The molecule has 0 amide bonds. The zero-order valence-corrected chi connectivity index (χ0v) is 7.59. The predicted octanol–water partition coefficient (Wildman–Crippen LogP) is 0.938. The molecule has 12 heavy (non-hydrogen) atoms. The highest BCUT2D eigenvalue weighted by molar-refractivity contribution is 5.41. The van der Waals surface area contributed by atoms with Crippen molar-refractivity contribution in [2.75, 3.05) is 12.8 Å². The number of ether oxygens (including phenoxy) is 1. The van der Waals surface area contributed by atoms with Crippen molar-refractivity contribution in [3.8, 4) is 6.01 Å². The molecule has 4 heteroatoms. The van der Waals surface area contributed by atoms with E-state index < -0.39 is 0 Å². The Bertz CT molecular complexity index is 286. The first kappa shape index (κ1) is 8.77. The van der Waals surface area contributed by atoms with Gasteiger partial charge in [0.2, 0.25) is 0 Å². The SMILES string of the molecule is CCc1nc(OC)nc(N)c1C. The molecule has 66 valence electrons. The first-order valence-corrected chi connectivity index (χ1v) is 3.86. The van der Waals surface area contributed by atoms with Crippen LogP contribution in [0.25, 0.3) is 0 Å². The van der Waals surface area contributed by atoms with Gasteiger partial charge in [-0.3, -0.25) is 0 Å². The van der Waals surface area contributed by atoms with Crippen molar-refractivity contribution in [2.45, 2.75) is 20.3 Å². The van der Waals surface area contributed by atoms with E-state index in [0.717, 1.165) is 17.7 Å². The number of aromatic nitrogens is 2.